The second-order valence-corrected chi connectivity index (χ2v) is 9.87. The topological polar surface area (TPSA) is 104 Å². The molecule has 0 unspecified atom stereocenters. The van der Waals surface area contributed by atoms with E-state index in [4.69, 9.17) is 0 Å². The summed E-state index contributed by atoms with van der Waals surface area (Å²) in [5, 5.41) is 10.4. The second-order valence-electron chi connectivity index (χ2n) is 9.87. The van der Waals surface area contributed by atoms with Crippen molar-refractivity contribution in [2.45, 2.75) is 20.4 Å². The molecule has 1 aromatic carbocycles. The summed E-state index contributed by atoms with van der Waals surface area (Å²) in [6.07, 6.45) is 7.07. The summed E-state index contributed by atoms with van der Waals surface area (Å²) in [5.74, 6) is 0.197. The summed E-state index contributed by atoms with van der Waals surface area (Å²) in [7, 11) is 4.03. The van der Waals surface area contributed by atoms with Crippen molar-refractivity contribution in [3.05, 3.63) is 77.5 Å². The lowest BCUT2D eigenvalue weighted by Gasteiger charge is -2.32. The number of hydrogen-bond acceptors (Lipinski definition) is 8. The van der Waals surface area contributed by atoms with Crippen molar-refractivity contribution < 1.29 is 4.79 Å². The van der Waals surface area contributed by atoms with Gasteiger partial charge in [0.15, 0.2) is 0 Å². The summed E-state index contributed by atoms with van der Waals surface area (Å²) in [6, 6.07) is 9.75. The van der Waals surface area contributed by atoms with Gasteiger partial charge < -0.3 is 15.5 Å². The van der Waals surface area contributed by atoms with E-state index in [1.807, 2.05) is 27.1 Å². The van der Waals surface area contributed by atoms with E-state index in [1.165, 1.54) is 5.56 Å². The van der Waals surface area contributed by atoms with E-state index in [2.05, 4.69) is 65.7 Å². The van der Waals surface area contributed by atoms with Crippen LogP contribution in [0.4, 0.5) is 17.3 Å². The third-order valence-corrected chi connectivity index (χ3v) is 6.75. The summed E-state index contributed by atoms with van der Waals surface area (Å²) < 4.78 is 1.74. The number of benzene rings is 1. The van der Waals surface area contributed by atoms with E-state index in [1.54, 1.807) is 35.4 Å². The molecule has 1 amide bonds. The van der Waals surface area contributed by atoms with Crippen molar-refractivity contribution in [1.82, 2.24) is 34.5 Å². The summed E-state index contributed by atoms with van der Waals surface area (Å²) >= 11 is 0. The van der Waals surface area contributed by atoms with E-state index < -0.39 is 0 Å². The standard InChI is InChI=1S/C28H33N9O/c1-19-5-6-21(17-37-11-9-35(3)10-12-37)13-25(19)33-27(38)24-8-7-23(16-29-24)32-28-30-14-20(2)26(34-28)22-15-31-36(4)18-22/h5-8,13-16,18H,9-12,17H2,1-4H3,(H,33,38)(H,30,32,34). The van der Waals surface area contributed by atoms with Gasteiger partial charge >= 0.3 is 0 Å². The molecule has 0 atom stereocenters. The zero-order valence-corrected chi connectivity index (χ0v) is 22.3. The van der Waals surface area contributed by atoms with E-state index >= 15 is 0 Å². The first-order valence-electron chi connectivity index (χ1n) is 12.7. The van der Waals surface area contributed by atoms with Crippen LogP contribution in [0.1, 0.15) is 27.2 Å². The fourth-order valence-electron chi connectivity index (χ4n) is 4.42. The Hall–Kier alpha value is -4.15. The van der Waals surface area contributed by atoms with E-state index in [9.17, 15) is 4.79 Å². The molecule has 0 bridgehead atoms. The highest BCUT2D eigenvalue weighted by Gasteiger charge is 2.16. The molecule has 10 nitrogen and oxygen atoms in total. The van der Waals surface area contributed by atoms with Gasteiger partial charge in [0.1, 0.15) is 5.69 Å². The van der Waals surface area contributed by atoms with Gasteiger partial charge in [0.2, 0.25) is 5.95 Å². The molecule has 0 aliphatic carbocycles. The number of aryl methyl sites for hydroxylation is 3. The van der Waals surface area contributed by atoms with Crippen molar-refractivity contribution in [2.75, 3.05) is 43.9 Å². The highest BCUT2D eigenvalue weighted by Crippen LogP contribution is 2.23. The zero-order chi connectivity index (χ0) is 26.6. The number of aromatic nitrogens is 5. The van der Waals surface area contributed by atoms with Gasteiger partial charge in [-0.2, -0.15) is 5.10 Å². The normalized spacial score (nSPS) is 14.4. The van der Waals surface area contributed by atoms with Crippen molar-refractivity contribution in [3.8, 4) is 11.3 Å². The molecule has 4 aromatic rings. The van der Waals surface area contributed by atoms with Gasteiger partial charge in [-0.15, -0.1) is 0 Å². The van der Waals surface area contributed by atoms with Crippen LogP contribution in [0, 0.1) is 13.8 Å². The number of nitrogens with one attached hydrogen (secondary N) is 2. The number of nitrogens with zero attached hydrogens (tertiary/aromatic N) is 7. The quantitative estimate of drug-likeness (QED) is 0.388. The van der Waals surface area contributed by atoms with E-state index in [0.29, 0.717) is 17.3 Å². The lowest BCUT2D eigenvalue weighted by molar-refractivity contribution is 0.102. The van der Waals surface area contributed by atoms with Gasteiger partial charge in [0, 0.05) is 63.4 Å². The maximum Gasteiger partial charge on any atom is 0.274 e. The molecule has 1 fully saturated rings. The first-order valence-corrected chi connectivity index (χ1v) is 12.7. The Bertz CT molecular complexity index is 1420. The predicted octanol–water partition coefficient (Wildman–Crippen LogP) is 3.63. The molecule has 1 saturated heterocycles. The van der Waals surface area contributed by atoms with Crippen LogP contribution < -0.4 is 10.6 Å². The molecule has 0 saturated carbocycles. The van der Waals surface area contributed by atoms with Gasteiger partial charge in [0.25, 0.3) is 5.91 Å². The molecule has 38 heavy (non-hydrogen) atoms. The Balaban J connectivity index is 1.23. The Morgan fingerprint density at radius 3 is 2.47 bits per heavy atom. The van der Waals surface area contributed by atoms with Crippen molar-refractivity contribution in [3.63, 3.8) is 0 Å². The van der Waals surface area contributed by atoms with Gasteiger partial charge in [-0.3, -0.25) is 14.4 Å². The Morgan fingerprint density at radius 1 is 0.947 bits per heavy atom. The van der Waals surface area contributed by atoms with Crippen LogP contribution in [0.5, 0.6) is 0 Å². The number of pyridine rings is 1. The van der Waals surface area contributed by atoms with Gasteiger partial charge in [-0.05, 0) is 55.8 Å². The molecule has 2 N–H and O–H groups in total. The first kappa shape index (κ1) is 25.5. The average Bonchev–Trinajstić information content (AvgIpc) is 3.35. The van der Waals surface area contributed by atoms with Crippen LogP contribution in [0.2, 0.25) is 0 Å². The fraction of sp³-hybridized carbons (Fsp3) is 0.321. The fourth-order valence-corrected chi connectivity index (χ4v) is 4.42. The number of hydrogen-bond donors (Lipinski definition) is 2. The largest absolute Gasteiger partial charge is 0.323 e. The number of carbonyl (C=O) groups is 1. The molecule has 0 radical (unpaired) electrons. The minimum atomic E-state index is -0.248. The maximum atomic E-state index is 13.0. The Labute approximate surface area is 222 Å². The minimum absolute atomic E-state index is 0.248. The molecular formula is C28H33N9O. The molecule has 3 aromatic heterocycles. The third-order valence-electron chi connectivity index (χ3n) is 6.75. The predicted molar refractivity (Wildman–Crippen MR) is 148 cm³/mol. The molecule has 196 valence electrons. The first-order chi connectivity index (χ1) is 18.3. The van der Waals surface area contributed by atoms with E-state index in [0.717, 1.165) is 60.8 Å². The van der Waals surface area contributed by atoms with Gasteiger partial charge in [-0.25, -0.2) is 15.0 Å². The van der Waals surface area contributed by atoms with Crippen molar-refractivity contribution in [2.24, 2.45) is 7.05 Å². The molecule has 1 aliphatic rings. The van der Waals surface area contributed by atoms with Crippen molar-refractivity contribution in [1.29, 1.82) is 0 Å². The molecule has 5 rings (SSSR count). The lowest BCUT2D eigenvalue weighted by Crippen LogP contribution is -2.43. The molecule has 0 spiro atoms. The number of carbonyl (C=O) groups excluding carboxylic acids is 1. The number of likely N-dealkylation sites (N-methyl/N-ethyl adjacent to an activating group) is 1. The van der Waals surface area contributed by atoms with Crippen LogP contribution >= 0.6 is 0 Å². The smallest absolute Gasteiger partial charge is 0.274 e. The summed E-state index contributed by atoms with van der Waals surface area (Å²) in [5.41, 5.74) is 6.71. The molecule has 1 aliphatic heterocycles. The Morgan fingerprint density at radius 2 is 1.76 bits per heavy atom. The molecule has 10 heteroatoms. The second kappa shape index (κ2) is 11.1. The number of piperazine rings is 1. The van der Waals surface area contributed by atoms with Crippen LogP contribution in [0.3, 0.4) is 0 Å². The van der Waals surface area contributed by atoms with Crippen LogP contribution in [0.15, 0.2) is 55.1 Å². The van der Waals surface area contributed by atoms with Crippen molar-refractivity contribution >= 4 is 23.2 Å². The molecular weight excluding hydrogens is 478 g/mol. The van der Waals surface area contributed by atoms with Gasteiger partial charge in [-0.1, -0.05) is 12.1 Å². The summed E-state index contributed by atoms with van der Waals surface area (Å²) in [4.78, 5) is 31.2. The average molecular weight is 512 g/mol. The third kappa shape index (κ3) is 6.04. The lowest BCUT2D eigenvalue weighted by atomic mass is 10.1. The Kier molecular flexibility index (Phi) is 7.43. The molecule has 4 heterocycles. The highest BCUT2D eigenvalue weighted by molar-refractivity contribution is 6.03. The number of anilines is 3. The van der Waals surface area contributed by atoms with E-state index in [-0.39, 0.29) is 5.91 Å². The van der Waals surface area contributed by atoms with Crippen LogP contribution in [0.25, 0.3) is 11.3 Å². The summed E-state index contributed by atoms with van der Waals surface area (Å²) in [6.45, 7) is 9.09. The monoisotopic (exact) mass is 511 g/mol. The number of amides is 1. The minimum Gasteiger partial charge on any atom is -0.323 e. The SMILES string of the molecule is Cc1ccc(CN2CCN(C)CC2)cc1NC(=O)c1ccc(Nc2ncc(C)c(-c3cnn(C)c3)n2)cn1. The zero-order valence-electron chi connectivity index (χ0n) is 22.3. The maximum absolute atomic E-state index is 13.0. The van der Waals surface area contributed by atoms with Crippen LogP contribution in [-0.2, 0) is 13.6 Å². The van der Waals surface area contributed by atoms with Gasteiger partial charge in [0.05, 0.1) is 23.8 Å². The number of rotatable bonds is 7. The highest BCUT2D eigenvalue weighted by atomic mass is 16.1. The van der Waals surface area contributed by atoms with Crippen LogP contribution in [-0.4, -0.2) is 73.7 Å².